The van der Waals surface area contributed by atoms with E-state index in [4.69, 9.17) is 0 Å². The van der Waals surface area contributed by atoms with E-state index in [1.807, 2.05) is 29.2 Å². The Morgan fingerprint density at radius 3 is 2.64 bits per heavy atom. The molecule has 4 nitrogen and oxygen atoms in total. The summed E-state index contributed by atoms with van der Waals surface area (Å²) in [4.78, 5) is 14.6. The molecule has 0 saturated carbocycles. The normalized spacial score (nSPS) is 17.2. The van der Waals surface area contributed by atoms with Crippen LogP contribution in [0.4, 0.5) is 10.5 Å². The molecule has 116 valence electrons. The quantitative estimate of drug-likeness (QED) is 0.836. The molecule has 1 N–H and O–H groups in total. The smallest absolute Gasteiger partial charge is 0.322 e. The number of carbonyl (C=O) groups is 1. The highest BCUT2D eigenvalue weighted by molar-refractivity contribution is 9.10. The summed E-state index contributed by atoms with van der Waals surface area (Å²) in [5.41, 5.74) is 3.32. The van der Waals surface area contributed by atoms with Crippen LogP contribution < -0.4 is 5.32 Å². The Kier molecular flexibility index (Phi) is 4.25. The number of benzene rings is 1. The molecule has 0 spiro atoms. The van der Waals surface area contributed by atoms with E-state index in [2.05, 4.69) is 51.8 Å². The van der Waals surface area contributed by atoms with E-state index >= 15 is 0 Å². The Labute approximate surface area is 139 Å². The first-order valence-corrected chi connectivity index (χ1v) is 8.38. The SMILES string of the molecule is CC[C@@H]1c2ccc(C)n2CCN1C(=O)Nc1ccc(Br)cc1. The number of amides is 2. The van der Waals surface area contributed by atoms with Gasteiger partial charge in [-0.3, -0.25) is 0 Å². The fourth-order valence-corrected chi connectivity index (χ4v) is 3.37. The molecule has 0 radical (unpaired) electrons. The van der Waals surface area contributed by atoms with Crippen LogP contribution in [0, 0.1) is 6.92 Å². The molecule has 0 bridgehead atoms. The summed E-state index contributed by atoms with van der Waals surface area (Å²) in [6.07, 6.45) is 0.914. The number of hydrogen-bond donors (Lipinski definition) is 1. The highest BCUT2D eigenvalue weighted by Gasteiger charge is 2.30. The van der Waals surface area contributed by atoms with Crippen LogP contribution in [0.2, 0.25) is 0 Å². The average Bonchev–Trinajstić information content (AvgIpc) is 2.90. The van der Waals surface area contributed by atoms with Gasteiger partial charge in [0.05, 0.1) is 6.04 Å². The van der Waals surface area contributed by atoms with Crippen LogP contribution >= 0.6 is 15.9 Å². The van der Waals surface area contributed by atoms with Gasteiger partial charge in [0.1, 0.15) is 0 Å². The van der Waals surface area contributed by atoms with Crippen molar-refractivity contribution in [1.29, 1.82) is 0 Å². The third kappa shape index (κ3) is 2.77. The first kappa shape index (κ1) is 15.2. The number of rotatable bonds is 2. The minimum Gasteiger partial charge on any atom is -0.345 e. The van der Waals surface area contributed by atoms with E-state index in [9.17, 15) is 4.79 Å². The maximum Gasteiger partial charge on any atom is 0.322 e. The zero-order valence-corrected chi connectivity index (χ0v) is 14.4. The number of fused-ring (bicyclic) bond motifs is 1. The summed E-state index contributed by atoms with van der Waals surface area (Å²) in [5, 5.41) is 3.00. The molecule has 2 aromatic rings. The van der Waals surface area contributed by atoms with Gasteiger partial charge >= 0.3 is 6.03 Å². The molecule has 0 fully saturated rings. The largest absolute Gasteiger partial charge is 0.345 e. The fourth-order valence-electron chi connectivity index (χ4n) is 3.11. The second-order valence-corrected chi connectivity index (χ2v) is 6.52. The van der Waals surface area contributed by atoms with Gasteiger partial charge in [-0.05, 0) is 49.7 Å². The highest BCUT2D eigenvalue weighted by atomic mass is 79.9. The van der Waals surface area contributed by atoms with Gasteiger partial charge in [0.25, 0.3) is 0 Å². The van der Waals surface area contributed by atoms with E-state index in [1.165, 1.54) is 11.4 Å². The van der Waals surface area contributed by atoms with Crippen LogP contribution in [0.3, 0.4) is 0 Å². The lowest BCUT2D eigenvalue weighted by Gasteiger charge is -2.37. The van der Waals surface area contributed by atoms with Crippen LogP contribution in [0.25, 0.3) is 0 Å². The maximum atomic E-state index is 12.6. The number of nitrogens with one attached hydrogen (secondary N) is 1. The Balaban J connectivity index is 1.79. The van der Waals surface area contributed by atoms with Crippen molar-refractivity contribution in [2.24, 2.45) is 0 Å². The number of hydrogen-bond acceptors (Lipinski definition) is 1. The lowest BCUT2D eigenvalue weighted by atomic mass is 10.1. The van der Waals surface area contributed by atoms with Gasteiger partial charge in [0, 0.05) is 34.6 Å². The molecule has 1 atom stereocenters. The number of anilines is 1. The van der Waals surface area contributed by atoms with Crippen molar-refractivity contribution in [1.82, 2.24) is 9.47 Å². The average molecular weight is 362 g/mol. The highest BCUT2D eigenvalue weighted by Crippen LogP contribution is 2.30. The number of aromatic nitrogens is 1. The molecule has 1 aliphatic heterocycles. The molecule has 0 aliphatic carbocycles. The lowest BCUT2D eigenvalue weighted by Crippen LogP contribution is -2.44. The molecule has 2 heterocycles. The summed E-state index contributed by atoms with van der Waals surface area (Å²) in [5.74, 6) is 0. The van der Waals surface area contributed by atoms with Crippen molar-refractivity contribution in [3.05, 3.63) is 52.3 Å². The molecular formula is C17H20BrN3O. The summed E-state index contributed by atoms with van der Waals surface area (Å²) in [6.45, 7) is 5.85. The van der Waals surface area contributed by atoms with Gasteiger partial charge in [-0.1, -0.05) is 22.9 Å². The monoisotopic (exact) mass is 361 g/mol. The molecule has 1 aliphatic rings. The molecule has 22 heavy (non-hydrogen) atoms. The minimum absolute atomic E-state index is 0.0284. The van der Waals surface area contributed by atoms with Crippen molar-refractivity contribution in [3.63, 3.8) is 0 Å². The first-order chi connectivity index (χ1) is 10.6. The maximum absolute atomic E-state index is 12.6. The van der Waals surface area contributed by atoms with Gasteiger partial charge in [0.15, 0.2) is 0 Å². The van der Waals surface area contributed by atoms with Crippen LogP contribution in [0.5, 0.6) is 0 Å². The second-order valence-electron chi connectivity index (χ2n) is 5.61. The number of aryl methyl sites for hydroxylation is 1. The van der Waals surface area contributed by atoms with E-state index in [1.54, 1.807) is 0 Å². The Morgan fingerprint density at radius 2 is 1.95 bits per heavy atom. The van der Waals surface area contributed by atoms with E-state index < -0.39 is 0 Å². The van der Waals surface area contributed by atoms with Crippen molar-refractivity contribution < 1.29 is 4.79 Å². The minimum atomic E-state index is -0.0284. The summed E-state index contributed by atoms with van der Waals surface area (Å²) in [7, 11) is 0. The molecule has 1 aromatic heterocycles. The van der Waals surface area contributed by atoms with E-state index in [-0.39, 0.29) is 12.1 Å². The molecule has 5 heteroatoms. The fraction of sp³-hybridized carbons (Fsp3) is 0.353. The Hall–Kier alpha value is -1.75. The Morgan fingerprint density at radius 1 is 1.23 bits per heavy atom. The van der Waals surface area contributed by atoms with Gasteiger partial charge in [0.2, 0.25) is 0 Å². The number of halogens is 1. The van der Waals surface area contributed by atoms with Crippen molar-refractivity contribution in [2.75, 3.05) is 11.9 Å². The molecule has 3 rings (SSSR count). The molecule has 0 saturated heterocycles. The topological polar surface area (TPSA) is 37.3 Å². The van der Waals surface area contributed by atoms with Gasteiger partial charge in [-0.2, -0.15) is 0 Å². The summed E-state index contributed by atoms with van der Waals surface area (Å²) >= 11 is 3.40. The van der Waals surface area contributed by atoms with Crippen LogP contribution in [-0.2, 0) is 6.54 Å². The lowest BCUT2D eigenvalue weighted by molar-refractivity contribution is 0.165. The number of urea groups is 1. The standard InChI is InChI=1S/C17H20BrN3O/c1-3-15-16-9-4-12(2)20(16)10-11-21(15)17(22)19-14-7-5-13(18)6-8-14/h4-9,15H,3,10-11H2,1-2H3,(H,19,22)/t15-/m1/s1. The zero-order valence-electron chi connectivity index (χ0n) is 12.8. The van der Waals surface area contributed by atoms with Gasteiger partial charge in [-0.15, -0.1) is 0 Å². The Bertz CT molecular complexity index is 678. The predicted octanol–water partition coefficient (Wildman–Crippen LogP) is 4.56. The zero-order chi connectivity index (χ0) is 15.7. The summed E-state index contributed by atoms with van der Waals surface area (Å²) in [6, 6.07) is 12.0. The second kappa shape index (κ2) is 6.16. The van der Waals surface area contributed by atoms with Crippen molar-refractivity contribution >= 4 is 27.6 Å². The molecule has 0 unspecified atom stereocenters. The third-order valence-corrected chi connectivity index (χ3v) is 4.79. The van der Waals surface area contributed by atoms with Crippen molar-refractivity contribution in [2.45, 2.75) is 32.9 Å². The van der Waals surface area contributed by atoms with Crippen LogP contribution in [0.1, 0.15) is 30.8 Å². The molecule has 2 amide bonds. The number of nitrogens with zero attached hydrogens (tertiary/aromatic N) is 2. The van der Waals surface area contributed by atoms with Crippen molar-refractivity contribution in [3.8, 4) is 0 Å². The number of carbonyl (C=O) groups excluding carboxylic acids is 1. The van der Waals surface area contributed by atoms with Gasteiger partial charge < -0.3 is 14.8 Å². The predicted molar refractivity (Wildman–Crippen MR) is 92.1 cm³/mol. The molecular weight excluding hydrogens is 342 g/mol. The van der Waals surface area contributed by atoms with E-state index in [0.717, 1.165) is 29.7 Å². The third-order valence-electron chi connectivity index (χ3n) is 4.26. The summed E-state index contributed by atoms with van der Waals surface area (Å²) < 4.78 is 3.32. The first-order valence-electron chi connectivity index (χ1n) is 7.59. The van der Waals surface area contributed by atoms with E-state index in [0.29, 0.717) is 0 Å². The van der Waals surface area contributed by atoms with Gasteiger partial charge in [-0.25, -0.2) is 4.79 Å². The van der Waals surface area contributed by atoms with Crippen LogP contribution in [-0.4, -0.2) is 22.0 Å². The molecule has 1 aromatic carbocycles. The van der Waals surface area contributed by atoms with Crippen LogP contribution in [0.15, 0.2) is 40.9 Å².